The van der Waals surface area contributed by atoms with E-state index in [9.17, 15) is 18.8 Å². The highest BCUT2D eigenvalue weighted by molar-refractivity contribution is 7.17. The SMILES string of the molecule is Cc1cccc(F)c1NC(=O)c1cc2c(s1)-c1ccccc1N(C(=O)c1cccc(N3CC[C@H](NC(=O)OC(C)(C)C)C3)n1)CC2. The van der Waals surface area contributed by atoms with Gasteiger partial charge in [0.05, 0.1) is 22.3 Å². The van der Waals surface area contributed by atoms with Crippen LogP contribution in [0.5, 0.6) is 0 Å². The molecule has 1 saturated heterocycles. The number of carbonyl (C=O) groups excluding carboxylic acids is 3. The number of alkyl carbamates (subject to hydrolysis) is 1. The van der Waals surface area contributed by atoms with E-state index in [1.165, 1.54) is 17.4 Å². The number of halogens is 1. The Morgan fingerprint density at radius 2 is 1.80 bits per heavy atom. The van der Waals surface area contributed by atoms with Crippen LogP contribution in [0.4, 0.5) is 26.4 Å². The number of anilines is 3. The molecule has 0 spiro atoms. The topological polar surface area (TPSA) is 104 Å². The van der Waals surface area contributed by atoms with E-state index < -0.39 is 17.5 Å². The number of aryl methyl sites for hydroxylation is 1. The van der Waals surface area contributed by atoms with Crippen molar-refractivity contribution in [1.29, 1.82) is 0 Å². The lowest BCUT2D eigenvalue weighted by Crippen LogP contribution is -2.40. The van der Waals surface area contributed by atoms with E-state index in [2.05, 4.69) is 15.5 Å². The molecule has 4 heterocycles. The second-order valence-electron chi connectivity index (χ2n) is 12.5. The normalized spacial score (nSPS) is 15.9. The number of benzene rings is 2. The first-order chi connectivity index (χ1) is 22.0. The maximum absolute atomic E-state index is 14.4. The van der Waals surface area contributed by atoms with Crippen molar-refractivity contribution in [2.75, 3.05) is 34.8 Å². The first-order valence-corrected chi connectivity index (χ1v) is 16.1. The summed E-state index contributed by atoms with van der Waals surface area (Å²) in [7, 11) is 0. The number of para-hydroxylation sites is 2. The van der Waals surface area contributed by atoms with Gasteiger partial charge in [0.1, 0.15) is 22.9 Å². The van der Waals surface area contributed by atoms with Crippen molar-refractivity contribution in [1.82, 2.24) is 10.3 Å². The number of aromatic nitrogens is 1. The summed E-state index contributed by atoms with van der Waals surface area (Å²) >= 11 is 1.33. The lowest BCUT2D eigenvalue weighted by Gasteiger charge is -2.24. The number of carbonyl (C=O) groups is 3. The third-order valence-corrected chi connectivity index (χ3v) is 9.18. The Kier molecular flexibility index (Phi) is 8.52. The number of amides is 3. The van der Waals surface area contributed by atoms with Gasteiger partial charge >= 0.3 is 6.09 Å². The van der Waals surface area contributed by atoms with Crippen LogP contribution in [-0.2, 0) is 11.2 Å². The average molecular weight is 642 g/mol. The molecule has 9 nitrogen and oxygen atoms in total. The standard InChI is InChI=1S/C35H36FN5O4S/c1-21-9-7-11-25(36)30(21)39-32(42)28-19-22-15-18-41(27-13-6-5-10-24(27)31(22)46-28)33(43)26-12-8-14-29(38-26)40-17-16-23(20-40)37-34(44)45-35(2,3)4/h5-14,19,23H,15-18,20H2,1-4H3,(H,37,44)(H,39,42)/t23-/m0/s1. The lowest BCUT2D eigenvalue weighted by molar-refractivity contribution is 0.0508. The van der Waals surface area contributed by atoms with Crippen LogP contribution in [0.15, 0.2) is 66.7 Å². The van der Waals surface area contributed by atoms with Crippen LogP contribution in [-0.4, -0.2) is 54.2 Å². The van der Waals surface area contributed by atoms with Crippen LogP contribution in [0.25, 0.3) is 10.4 Å². The second-order valence-corrected chi connectivity index (χ2v) is 13.6. The van der Waals surface area contributed by atoms with Crippen LogP contribution in [0.1, 0.15) is 58.5 Å². The number of nitrogens with one attached hydrogen (secondary N) is 2. The summed E-state index contributed by atoms with van der Waals surface area (Å²) in [6, 6.07) is 19.5. The summed E-state index contributed by atoms with van der Waals surface area (Å²) < 4.78 is 19.8. The summed E-state index contributed by atoms with van der Waals surface area (Å²) in [5, 5.41) is 5.66. The van der Waals surface area contributed by atoms with Gasteiger partial charge in [0.25, 0.3) is 11.8 Å². The Bertz CT molecular complexity index is 1800. The molecule has 0 bridgehead atoms. The van der Waals surface area contributed by atoms with Gasteiger partial charge in [-0.3, -0.25) is 9.59 Å². The predicted octanol–water partition coefficient (Wildman–Crippen LogP) is 6.82. The molecular formula is C35H36FN5O4S. The number of thiophene rings is 1. The van der Waals surface area contributed by atoms with Crippen molar-refractivity contribution in [3.8, 4) is 10.4 Å². The molecule has 6 rings (SSSR count). The molecule has 2 N–H and O–H groups in total. The number of pyridine rings is 1. The summed E-state index contributed by atoms with van der Waals surface area (Å²) in [5.41, 5.74) is 3.10. The third-order valence-electron chi connectivity index (χ3n) is 7.97. The van der Waals surface area contributed by atoms with Crippen molar-refractivity contribution in [3.05, 3.63) is 94.2 Å². The van der Waals surface area contributed by atoms with E-state index in [0.29, 0.717) is 48.0 Å². The van der Waals surface area contributed by atoms with Gasteiger partial charge < -0.3 is 25.2 Å². The zero-order valence-electron chi connectivity index (χ0n) is 26.2. The zero-order chi connectivity index (χ0) is 32.6. The predicted molar refractivity (Wildman–Crippen MR) is 178 cm³/mol. The summed E-state index contributed by atoms with van der Waals surface area (Å²) in [6.07, 6.45) is 0.820. The summed E-state index contributed by atoms with van der Waals surface area (Å²) in [4.78, 5) is 49.4. The van der Waals surface area contributed by atoms with Crippen molar-refractivity contribution < 1.29 is 23.5 Å². The maximum Gasteiger partial charge on any atom is 0.407 e. The Hall–Kier alpha value is -4.77. The molecule has 2 aromatic heterocycles. The molecule has 46 heavy (non-hydrogen) atoms. The van der Waals surface area contributed by atoms with E-state index in [1.54, 1.807) is 30.0 Å². The van der Waals surface area contributed by atoms with E-state index in [1.807, 2.05) is 63.2 Å². The van der Waals surface area contributed by atoms with Crippen LogP contribution in [0, 0.1) is 12.7 Å². The van der Waals surface area contributed by atoms with Gasteiger partial charge in [-0.2, -0.15) is 0 Å². The molecule has 0 aliphatic carbocycles. The first-order valence-electron chi connectivity index (χ1n) is 15.3. The smallest absolute Gasteiger partial charge is 0.407 e. The van der Waals surface area contributed by atoms with Gasteiger partial charge in [-0.25, -0.2) is 14.2 Å². The zero-order valence-corrected chi connectivity index (χ0v) is 27.0. The molecule has 1 atom stereocenters. The van der Waals surface area contributed by atoms with Gasteiger partial charge in [-0.15, -0.1) is 11.3 Å². The van der Waals surface area contributed by atoms with Crippen LogP contribution in [0.2, 0.25) is 0 Å². The molecule has 2 aromatic carbocycles. The fourth-order valence-electron chi connectivity index (χ4n) is 5.80. The third kappa shape index (κ3) is 6.60. The van der Waals surface area contributed by atoms with E-state index in [4.69, 9.17) is 9.72 Å². The number of hydrogen-bond donors (Lipinski definition) is 2. The number of hydrogen-bond acceptors (Lipinski definition) is 7. The lowest BCUT2D eigenvalue weighted by atomic mass is 10.1. The van der Waals surface area contributed by atoms with Crippen molar-refractivity contribution in [3.63, 3.8) is 0 Å². The van der Waals surface area contributed by atoms with Crippen LogP contribution >= 0.6 is 11.3 Å². The van der Waals surface area contributed by atoms with Gasteiger partial charge in [-0.1, -0.05) is 36.4 Å². The number of rotatable bonds is 5. The number of nitrogens with zero attached hydrogens (tertiary/aromatic N) is 3. The highest BCUT2D eigenvalue weighted by atomic mass is 32.1. The Labute approximate surface area is 271 Å². The van der Waals surface area contributed by atoms with Gasteiger partial charge in [0.15, 0.2) is 0 Å². The molecule has 3 amide bonds. The maximum atomic E-state index is 14.4. The molecule has 238 valence electrons. The van der Waals surface area contributed by atoms with E-state index in [0.717, 1.165) is 28.1 Å². The molecule has 1 fully saturated rings. The van der Waals surface area contributed by atoms with Crippen molar-refractivity contribution >= 4 is 46.4 Å². The molecule has 2 aliphatic rings. The van der Waals surface area contributed by atoms with E-state index in [-0.39, 0.29) is 23.5 Å². The Morgan fingerprint density at radius 1 is 1.02 bits per heavy atom. The highest BCUT2D eigenvalue weighted by Gasteiger charge is 2.30. The highest BCUT2D eigenvalue weighted by Crippen LogP contribution is 2.42. The van der Waals surface area contributed by atoms with Crippen molar-refractivity contribution in [2.45, 2.75) is 52.2 Å². The van der Waals surface area contributed by atoms with Gasteiger partial charge in [-0.05, 0) is 82.0 Å². The van der Waals surface area contributed by atoms with Gasteiger partial charge in [0.2, 0.25) is 0 Å². The average Bonchev–Trinajstić information content (AvgIpc) is 3.63. The summed E-state index contributed by atoms with van der Waals surface area (Å²) in [6.45, 7) is 8.87. The molecule has 0 radical (unpaired) electrons. The van der Waals surface area contributed by atoms with Crippen LogP contribution in [0.3, 0.4) is 0 Å². The Morgan fingerprint density at radius 3 is 2.59 bits per heavy atom. The molecule has 0 saturated carbocycles. The second kappa shape index (κ2) is 12.6. The largest absolute Gasteiger partial charge is 0.444 e. The Balaban J connectivity index is 1.20. The molecule has 2 aliphatic heterocycles. The quantitative estimate of drug-likeness (QED) is 0.248. The minimum Gasteiger partial charge on any atom is -0.444 e. The van der Waals surface area contributed by atoms with Crippen LogP contribution < -0.4 is 20.4 Å². The molecular weight excluding hydrogens is 605 g/mol. The number of ether oxygens (including phenoxy) is 1. The first kappa shape index (κ1) is 31.2. The molecule has 4 aromatic rings. The molecule has 0 unspecified atom stereocenters. The minimum atomic E-state index is -0.575. The summed E-state index contributed by atoms with van der Waals surface area (Å²) in [5.74, 6) is -0.406. The van der Waals surface area contributed by atoms with Gasteiger partial charge in [0, 0.05) is 30.1 Å². The number of fused-ring (bicyclic) bond motifs is 3. The monoisotopic (exact) mass is 641 g/mol. The fraction of sp³-hybridized carbons (Fsp3) is 0.314. The van der Waals surface area contributed by atoms with E-state index >= 15 is 0 Å². The fourth-order valence-corrected chi connectivity index (χ4v) is 6.94. The van der Waals surface area contributed by atoms with Crippen molar-refractivity contribution in [2.24, 2.45) is 0 Å². The minimum absolute atomic E-state index is 0.0878. The molecule has 11 heteroatoms.